The summed E-state index contributed by atoms with van der Waals surface area (Å²) in [6.07, 6.45) is 4.92. The van der Waals surface area contributed by atoms with Crippen molar-refractivity contribution in [1.29, 1.82) is 0 Å². The molecule has 1 fully saturated rings. The zero-order chi connectivity index (χ0) is 25.3. The smallest absolute Gasteiger partial charge is 0.254 e. The molecule has 1 atom stereocenters. The zero-order valence-electron chi connectivity index (χ0n) is 20.3. The van der Waals surface area contributed by atoms with E-state index in [-0.39, 0.29) is 18.6 Å². The van der Waals surface area contributed by atoms with Crippen molar-refractivity contribution in [2.24, 2.45) is 0 Å². The summed E-state index contributed by atoms with van der Waals surface area (Å²) in [6, 6.07) is 13.0. The van der Waals surface area contributed by atoms with Crippen LogP contribution >= 0.6 is 12.0 Å². The monoisotopic (exact) mass is 510 g/mol. The molecule has 0 aliphatic carbocycles. The molecule has 0 bridgehead atoms. The number of carbonyl (C=O) groups excluding carboxylic acids is 1. The van der Waals surface area contributed by atoms with Crippen molar-refractivity contribution in [3.05, 3.63) is 66.0 Å². The largest absolute Gasteiger partial charge is 0.496 e. The number of anilines is 1. The first-order chi connectivity index (χ1) is 17.6. The first-order valence-electron chi connectivity index (χ1n) is 11.8. The lowest BCUT2D eigenvalue weighted by Gasteiger charge is -2.33. The van der Waals surface area contributed by atoms with Crippen LogP contribution < -0.4 is 24.4 Å². The second kappa shape index (κ2) is 12.5. The van der Waals surface area contributed by atoms with Gasteiger partial charge in [-0.3, -0.25) is 4.79 Å². The lowest BCUT2D eigenvalue weighted by molar-refractivity contribution is 0.0950. The third-order valence-electron chi connectivity index (χ3n) is 5.80. The van der Waals surface area contributed by atoms with Crippen LogP contribution in [0.25, 0.3) is 0 Å². The average Bonchev–Trinajstić information content (AvgIpc) is 2.93. The number of hydrogen-bond acceptors (Lipinski definition) is 9. The second-order valence-electron chi connectivity index (χ2n) is 8.23. The summed E-state index contributed by atoms with van der Waals surface area (Å²) in [5.41, 5.74) is 1.12. The summed E-state index contributed by atoms with van der Waals surface area (Å²) in [7, 11) is 1.56. The molecule has 1 saturated heterocycles. The predicted molar refractivity (Wildman–Crippen MR) is 138 cm³/mol. The number of piperidine rings is 1. The number of benzene rings is 2. The standard InChI is InChI=1S/C26H30N4O5S/c1-3-34-23-8-4-5-9-24(23)35-20-7-6-12-30(17-20)26-28-15-19(16-29-26)25(31)27-14-18-13-21(36-32)10-11-22(18)33-2/h4-5,8-11,13,15-16,20,32H,3,6-7,12,14,17H2,1-2H3,(H,27,31). The van der Waals surface area contributed by atoms with Crippen LogP contribution in [0, 0.1) is 0 Å². The Hall–Kier alpha value is -3.50. The van der Waals surface area contributed by atoms with Crippen LogP contribution in [0.15, 0.2) is 59.8 Å². The Morgan fingerprint density at radius 1 is 1.17 bits per heavy atom. The first kappa shape index (κ1) is 25.6. The molecule has 1 unspecified atom stereocenters. The molecular formula is C26H30N4O5S. The normalized spacial score (nSPS) is 15.3. The summed E-state index contributed by atoms with van der Waals surface area (Å²) >= 11 is 0.643. The maximum atomic E-state index is 12.7. The van der Waals surface area contributed by atoms with Gasteiger partial charge in [0.15, 0.2) is 11.5 Å². The number of rotatable bonds is 10. The molecule has 1 aliphatic heterocycles. The van der Waals surface area contributed by atoms with Crippen molar-refractivity contribution < 1.29 is 23.6 Å². The summed E-state index contributed by atoms with van der Waals surface area (Å²) in [6.45, 7) is 4.23. The Bertz CT molecular complexity index is 1160. The first-order valence-corrected chi connectivity index (χ1v) is 12.6. The molecule has 0 saturated carbocycles. The van der Waals surface area contributed by atoms with Gasteiger partial charge >= 0.3 is 0 Å². The Morgan fingerprint density at radius 3 is 2.67 bits per heavy atom. The van der Waals surface area contributed by atoms with Crippen LogP contribution in [0.5, 0.6) is 17.2 Å². The van der Waals surface area contributed by atoms with Crippen LogP contribution in [0.4, 0.5) is 5.95 Å². The van der Waals surface area contributed by atoms with Gasteiger partial charge in [0.25, 0.3) is 5.91 Å². The van der Waals surface area contributed by atoms with Crippen LogP contribution in [0.1, 0.15) is 35.7 Å². The number of amides is 1. The minimum absolute atomic E-state index is 0.0187. The molecule has 2 heterocycles. The van der Waals surface area contributed by atoms with Gasteiger partial charge in [0, 0.05) is 48.0 Å². The predicted octanol–water partition coefficient (Wildman–Crippen LogP) is 4.43. The van der Waals surface area contributed by atoms with Gasteiger partial charge in [-0.05, 0) is 50.1 Å². The van der Waals surface area contributed by atoms with E-state index in [1.54, 1.807) is 25.3 Å². The molecule has 1 aromatic heterocycles. The molecule has 10 heteroatoms. The van der Waals surface area contributed by atoms with E-state index in [1.165, 1.54) is 12.4 Å². The molecule has 0 radical (unpaired) electrons. The molecule has 4 rings (SSSR count). The fraction of sp³-hybridized carbons (Fsp3) is 0.346. The van der Waals surface area contributed by atoms with Crippen LogP contribution in [0.2, 0.25) is 0 Å². The lowest BCUT2D eigenvalue weighted by atomic mass is 10.1. The van der Waals surface area contributed by atoms with Crippen molar-refractivity contribution in [3.8, 4) is 17.2 Å². The number of hydrogen-bond donors (Lipinski definition) is 2. The number of nitrogens with zero attached hydrogens (tertiary/aromatic N) is 3. The van der Waals surface area contributed by atoms with Gasteiger partial charge in [-0.1, -0.05) is 12.1 Å². The van der Waals surface area contributed by atoms with Gasteiger partial charge < -0.3 is 29.0 Å². The minimum Gasteiger partial charge on any atom is -0.496 e. The molecule has 2 N–H and O–H groups in total. The van der Waals surface area contributed by atoms with E-state index >= 15 is 0 Å². The molecular weight excluding hydrogens is 480 g/mol. The van der Waals surface area contributed by atoms with Crippen molar-refractivity contribution in [1.82, 2.24) is 15.3 Å². The van der Waals surface area contributed by atoms with Crippen molar-refractivity contribution in [3.63, 3.8) is 0 Å². The lowest BCUT2D eigenvalue weighted by Crippen LogP contribution is -2.42. The number of carbonyl (C=O) groups is 1. The fourth-order valence-electron chi connectivity index (χ4n) is 4.05. The van der Waals surface area contributed by atoms with Crippen LogP contribution in [0.3, 0.4) is 0 Å². The summed E-state index contributed by atoms with van der Waals surface area (Å²) in [5, 5.41) is 2.85. The third kappa shape index (κ3) is 6.38. The van der Waals surface area contributed by atoms with Crippen molar-refractivity contribution in [2.75, 3.05) is 31.7 Å². The van der Waals surface area contributed by atoms with E-state index in [4.69, 9.17) is 14.2 Å². The maximum absolute atomic E-state index is 12.7. The van der Waals surface area contributed by atoms with Gasteiger partial charge in [0.1, 0.15) is 11.9 Å². The van der Waals surface area contributed by atoms with Crippen molar-refractivity contribution in [2.45, 2.75) is 37.3 Å². The highest BCUT2D eigenvalue weighted by Gasteiger charge is 2.24. The number of nitrogens with one attached hydrogen (secondary N) is 1. The quantitative estimate of drug-likeness (QED) is 0.383. The highest BCUT2D eigenvalue weighted by atomic mass is 32.2. The number of ether oxygens (including phenoxy) is 3. The Kier molecular flexibility index (Phi) is 8.85. The minimum atomic E-state index is -0.293. The van der Waals surface area contributed by atoms with E-state index in [2.05, 4.69) is 20.2 Å². The third-order valence-corrected chi connectivity index (χ3v) is 6.27. The van der Waals surface area contributed by atoms with E-state index in [0.29, 0.717) is 47.4 Å². The summed E-state index contributed by atoms with van der Waals surface area (Å²) in [5.74, 6) is 2.37. The number of aromatic nitrogens is 2. The van der Waals surface area contributed by atoms with Crippen LogP contribution in [-0.4, -0.2) is 53.3 Å². The topological polar surface area (TPSA) is 106 Å². The SMILES string of the molecule is CCOc1ccccc1OC1CCCN(c2ncc(C(=O)NCc3cc(SO)ccc3OC)cn2)C1. The van der Waals surface area contributed by atoms with E-state index in [9.17, 15) is 9.35 Å². The summed E-state index contributed by atoms with van der Waals surface area (Å²) < 4.78 is 26.6. The van der Waals surface area contributed by atoms with Gasteiger partial charge in [0.05, 0.1) is 25.8 Å². The molecule has 190 valence electrons. The average molecular weight is 511 g/mol. The summed E-state index contributed by atoms with van der Waals surface area (Å²) in [4.78, 5) is 24.3. The molecule has 3 aromatic rings. The molecule has 2 aromatic carbocycles. The molecule has 1 amide bonds. The van der Waals surface area contributed by atoms with E-state index < -0.39 is 0 Å². The maximum Gasteiger partial charge on any atom is 0.254 e. The highest BCUT2D eigenvalue weighted by Crippen LogP contribution is 2.29. The zero-order valence-corrected chi connectivity index (χ0v) is 21.2. The fourth-order valence-corrected chi connectivity index (χ4v) is 4.37. The van der Waals surface area contributed by atoms with Crippen LogP contribution in [-0.2, 0) is 6.54 Å². The Morgan fingerprint density at radius 2 is 1.94 bits per heavy atom. The van der Waals surface area contributed by atoms with E-state index in [0.717, 1.165) is 36.4 Å². The van der Waals surface area contributed by atoms with E-state index in [1.807, 2.05) is 31.2 Å². The van der Waals surface area contributed by atoms with Gasteiger partial charge in [-0.25, -0.2) is 9.97 Å². The van der Waals surface area contributed by atoms with Gasteiger partial charge in [-0.2, -0.15) is 0 Å². The number of para-hydroxylation sites is 2. The van der Waals surface area contributed by atoms with Gasteiger partial charge in [0.2, 0.25) is 5.95 Å². The molecule has 9 nitrogen and oxygen atoms in total. The van der Waals surface area contributed by atoms with Gasteiger partial charge in [-0.15, -0.1) is 0 Å². The molecule has 1 aliphatic rings. The number of methoxy groups -OCH3 is 1. The molecule has 36 heavy (non-hydrogen) atoms. The van der Waals surface area contributed by atoms with Crippen molar-refractivity contribution >= 4 is 23.9 Å². The Labute approximate surface area is 215 Å². The Balaban J connectivity index is 1.36. The highest BCUT2D eigenvalue weighted by molar-refractivity contribution is 7.93. The second-order valence-corrected chi connectivity index (χ2v) is 8.88. The molecule has 0 spiro atoms.